The van der Waals surface area contributed by atoms with Crippen LogP contribution in [0.3, 0.4) is 0 Å². The topological polar surface area (TPSA) is 26.3 Å². The first-order chi connectivity index (χ1) is 7.18. The molecule has 0 aliphatic rings. The van der Waals surface area contributed by atoms with Crippen molar-refractivity contribution in [3.63, 3.8) is 0 Å². The van der Waals surface area contributed by atoms with Crippen LogP contribution in [0.1, 0.15) is 18.9 Å². The number of carbonyl (C=O) groups excluding carboxylic acids is 1. The summed E-state index contributed by atoms with van der Waals surface area (Å²) in [5.41, 5.74) is 0.923. The van der Waals surface area contributed by atoms with Crippen LogP contribution >= 0.6 is 0 Å². The van der Waals surface area contributed by atoms with E-state index in [2.05, 4.69) is 0 Å². The van der Waals surface area contributed by atoms with Crippen LogP contribution < -0.4 is 0 Å². The van der Waals surface area contributed by atoms with E-state index in [1.807, 2.05) is 30.3 Å². The second kappa shape index (κ2) is 5.96. The Bertz CT molecular complexity index is 340. The van der Waals surface area contributed by atoms with Crippen molar-refractivity contribution in [3.8, 4) is 0 Å². The van der Waals surface area contributed by atoms with E-state index in [0.717, 1.165) is 5.56 Å². The van der Waals surface area contributed by atoms with Crippen molar-refractivity contribution in [3.05, 3.63) is 47.8 Å². The lowest BCUT2D eigenvalue weighted by molar-refractivity contribution is -0.143. The summed E-state index contributed by atoms with van der Waals surface area (Å²) < 4.78 is 17.2. The van der Waals surface area contributed by atoms with Gasteiger partial charge in [-0.15, -0.1) is 0 Å². The number of benzene rings is 1. The average Bonchev–Trinajstić information content (AvgIpc) is 2.25. The van der Waals surface area contributed by atoms with Crippen molar-refractivity contribution >= 4 is 5.97 Å². The highest BCUT2D eigenvalue weighted by molar-refractivity contribution is 5.71. The van der Waals surface area contributed by atoms with E-state index in [4.69, 9.17) is 4.74 Å². The third-order valence-corrected chi connectivity index (χ3v) is 1.79. The summed E-state index contributed by atoms with van der Waals surface area (Å²) >= 11 is 0. The van der Waals surface area contributed by atoms with Gasteiger partial charge in [0.15, 0.2) is 0 Å². The minimum atomic E-state index is -0.421. The van der Waals surface area contributed by atoms with Crippen LogP contribution in [0.2, 0.25) is 0 Å². The Hall–Kier alpha value is -1.64. The van der Waals surface area contributed by atoms with E-state index >= 15 is 0 Å². The summed E-state index contributed by atoms with van der Waals surface area (Å²) in [4.78, 5) is 11.1. The predicted octanol–water partition coefficient (Wildman–Crippen LogP) is 2.99. The van der Waals surface area contributed by atoms with Gasteiger partial charge in [-0.05, 0) is 18.6 Å². The van der Waals surface area contributed by atoms with Crippen molar-refractivity contribution in [1.82, 2.24) is 0 Å². The zero-order valence-corrected chi connectivity index (χ0v) is 8.57. The molecule has 0 atom stereocenters. The fourth-order valence-corrected chi connectivity index (χ4v) is 1.02. The van der Waals surface area contributed by atoms with Crippen molar-refractivity contribution in [1.29, 1.82) is 0 Å². The van der Waals surface area contributed by atoms with Gasteiger partial charge < -0.3 is 4.74 Å². The second-order valence-corrected chi connectivity index (χ2v) is 3.14. The molecule has 0 aromatic heterocycles. The maximum atomic E-state index is 12.3. The average molecular weight is 208 g/mol. The number of esters is 1. The molecule has 2 nitrogen and oxygen atoms in total. The number of ether oxygens (including phenoxy) is 1. The standard InChI is InChI=1S/C12H13FO2/c1-10(13)7-8-12(14)15-9-11-5-3-2-4-6-11/h2-7H,8-9H2,1H3/b10-7-. The molecule has 0 saturated heterocycles. The maximum Gasteiger partial charge on any atom is 0.310 e. The summed E-state index contributed by atoms with van der Waals surface area (Å²) in [6.45, 7) is 1.53. The second-order valence-electron chi connectivity index (χ2n) is 3.14. The van der Waals surface area contributed by atoms with Crippen molar-refractivity contribution < 1.29 is 13.9 Å². The number of halogens is 1. The number of allylic oxidation sites excluding steroid dienone is 1. The largest absolute Gasteiger partial charge is 0.461 e. The minimum Gasteiger partial charge on any atom is -0.461 e. The lowest BCUT2D eigenvalue weighted by Gasteiger charge is -2.02. The molecule has 1 rings (SSSR count). The zero-order chi connectivity index (χ0) is 11.1. The van der Waals surface area contributed by atoms with E-state index in [-0.39, 0.29) is 18.9 Å². The van der Waals surface area contributed by atoms with Crippen molar-refractivity contribution in [2.75, 3.05) is 0 Å². The van der Waals surface area contributed by atoms with Crippen LogP contribution in [-0.4, -0.2) is 5.97 Å². The molecule has 0 saturated carbocycles. The van der Waals surface area contributed by atoms with E-state index in [9.17, 15) is 9.18 Å². The van der Waals surface area contributed by atoms with Crippen LogP contribution in [0.4, 0.5) is 4.39 Å². The molecule has 0 radical (unpaired) electrons. The molecular formula is C12H13FO2. The highest BCUT2D eigenvalue weighted by Gasteiger charge is 2.00. The molecular weight excluding hydrogens is 195 g/mol. The molecule has 0 aliphatic heterocycles. The van der Waals surface area contributed by atoms with Gasteiger partial charge in [0.2, 0.25) is 0 Å². The Balaban J connectivity index is 2.32. The van der Waals surface area contributed by atoms with Crippen LogP contribution in [-0.2, 0) is 16.1 Å². The molecule has 0 unspecified atom stereocenters. The molecule has 80 valence electrons. The molecule has 1 aromatic rings. The number of hydrogen-bond acceptors (Lipinski definition) is 2. The molecule has 0 amide bonds. The Labute approximate surface area is 88.4 Å². The number of rotatable bonds is 4. The smallest absolute Gasteiger partial charge is 0.310 e. The quantitative estimate of drug-likeness (QED) is 0.711. The predicted molar refractivity (Wildman–Crippen MR) is 55.7 cm³/mol. The molecule has 0 N–H and O–H groups in total. The lowest BCUT2D eigenvalue weighted by atomic mass is 10.2. The summed E-state index contributed by atoms with van der Waals surface area (Å²) in [6, 6.07) is 9.36. The molecule has 0 bridgehead atoms. The summed E-state index contributed by atoms with van der Waals surface area (Å²) in [5, 5.41) is 0. The summed E-state index contributed by atoms with van der Waals surface area (Å²) in [7, 11) is 0. The third-order valence-electron chi connectivity index (χ3n) is 1.79. The summed E-state index contributed by atoms with van der Waals surface area (Å²) in [6.07, 6.45) is 1.18. The highest BCUT2D eigenvalue weighted by atomic mass is 19.1. The lowest BCUT2D eigenvalue weighted by Crippen LogP contribution is -2.02. The molecule has 0 heterocycles. The molecule has 0 fully saturated rings. The highest BCUT2D eigenvalue weighted by Crippen LogP contribution is 2.03. The van der Waals surface area contributed by atoms with Gasteiger partial charge in [0, 0.05) is 0 Å². The molecule has 0 spiro atoms. The van der Waals surface area contributed by atoms with Gasteiger partial charge in [0.25, 0.3) is 0 Å². The fraction of sp³-hybridized carbons (Fsp3) is 0.250. The third kappa shape index (κ3) is 4.96. The van der Waals surface area contributed by atoms with E-state index in [1.54, 1.807) is 0 Å². The van der Waals surface area contributed by atoms with Gasteiger partial charge in [0.1, 0.15) is 6.61 Å². The molecule has 15 heavy (non-hydrogen) atoms. The SMILES string of the molecule is C/C(F)=C/CC(=O)OCc1ccccc1. The summed E-state index contributed by atoms with van der Waals surface area (Å²) in [5.74, 6) is -0.789. The first-order valence-electron chi connectivity index (χ1n) is 4.70. The fourth-order valence-electron chi connectivity index (χ4n) is 1.02. The van der Waals surface area contributed by atoms with Crippen LogP contribution in [0.25, 0.3) is 0 Å². The van der Waals surface area contributed by atoms with Crippen molar-refractivity contribution in [2.24, 2.45) is 0 Å². The van der Waals surface area contributed by atoms with Gasteiger partial charge in [-0.1, -0.05) is 30.3 Å². The Morgan fingerprint density at radius 3 is 2.67 bits per heavy atom. The monoisotopic (exact) mass is 208 g/mol. The van der Waals surface area contributed by atoms with E-state index in [1.165, 1.54) is 13.0 Å². The molecule has 1 aromatic carbocycles. The van der Waals surface area contributed by atoms with Crippen molar-refractivity contribution in [2.45, 2.75) is 20.0 Å². The molecule has 3 heteroatoms. The maximum absolute atomic E-state index is 12.3. The van der Waals surface area contributed by atoms with Crippen LogP contribution in [0.5, 0.6) is 0 Å². The first kappa shape index (κ1) is 11.4. The minimum absolute atomic E-state index is 0.0187. The molecule has 0 aliphatic carbocycles. The van der Waals surface area contributed by atoms with Gasteiger partial charge >= 0.3 is 5.97 Å². The van der Waals surface area contributed by atoms with Gasteiger partial charge in [-0.25, -0.2) is 4.39 Å². The zero-order valence-electron chi connectivity index (χ0n) is 8.57. The van der Waals surface area contributed by atoms with Gasteiger partial charge in [0.05, 0.1) is 12.2 Å². The number of hydrogen-bond donors (Lipinski definition) is 0. The van der Waals surface area contributed by atoms with Gasteiger partial charge in [-0.2, -0.15) is 0 Å². The first-order valence-corrected chi connectivity index (χ1v) is 4.70. The van der Waals surface area contributed by atoms with Gasteiger partial charge in [-0.3, -0.25) is 4.79 Å². The van der Waals surface area contributed by atoms with Crippen LogP contribution in [0, 0.1) is 0 Å². The van der Waals surface area contributed by atoms with Crippen LogP contribution in [0.15, 0.2) is 42.2 Å². The Morgan fingerprint density at radius 1 is 1.40 bits per heavy atom. The van der Waals surface area contributed by atoms with E-state index in [0.29, 0.717) is 0 Å². The number of carbonyl (C=O) groups is 1. The Kier molecular flexibility index (Phi) is 4.54. The Morgan fingerprint density at radius 2 is 2.07 bits per heavy atom. The normalized spacial score (nSPS) is 11.2. The van der Waals surface area contributed by atoms with E-state index < -0.39 is 5.97 Å².